The number of hydrogen-bond acceptors (Lipinski definition) is 4. The SMILES string of the molecule is Cc1ccc(OCCNC(=O)c2ccc(C3SCCCS3)cc2)cc1. The maximum absolute atomic E-state index is 12.2. The quantitative estimate of drug-likeness (QED) is 0.747. The Labute approximate surface area is 157 Å². The van der Waals surface area contributed by atoms with Gasteiger partial charge < -0.3 is 10.1 Å². The molecule has 2 aromatic carbocycles. The molecular formula is C20H23NO2S2. The first-order valence-electron chi connectivity index (χ1n) is 8.53. The summed E-state index contributed by atoms with van der Waals surface area (Å²) in [5, 5.41) is 2.91. The van der Waals surface area contributed by atoms with E-state index in [1.165, 1.54) is 29.1 Å². The molecule has 1 N–H and O–H groups in total. The molecule has 0 bridgehead atoms. The number of amides is 1. The van der Waals surface area contributed by atoms with Crippen LogP contribution in [0.4, 0.5) is 0 Å². The van der Waals surface area contributed by atoms with Crippen molar-refractivity contribution in [2.75, 3.05) is 24.7 Å². The Morgan fingerprint density at radius 2 is 1.76 bits per heavy atom. The number of hydrogen-bond donors (Lipinski definition) is 1. The zero-order chi connectivity index (χ0) is 17.5. The van der Waals surface area contributed by atoms with Crippen LogP contribution in [0.15, 0.2) is 48.5 Å². The predicted molar refractivity (Wildman–Crippen MR) is 108 cm³/mol. The molecule has 2 aromatic rings. The standard InChI is InChI=1S/C20H23NO2S2/c1-15-3-9-18(10-4-15)23-12-11-21-19(22)16-5-7-17(8-6-16)20-24-13-2-14-25-20/h3-10,20H,2,11-14H2,1H3,(H,21,22). The molecule has 1 amide bonds. The summed E-state index contributed by atoms with van der Waals surface area (Å²) >= 11 is 3.98. The topological polar surface area (TPSA) is 38.3 Å². The van der Waals surface area contributed by atoms with E-state index in [9.17, 15) is 4.79 Å². The van der Waals surface area contributed by atoms with Crippen LogP contribution in [0.1, 0.15) is 32.5 Å². The highest BCUT2D eigenvalue weighted by Gasteiger charge is 2.16. The number of aryl methyl sites for hydroxylation is 1. The van der Waals surface area contributed by atoms with E-state index >= 15 is 0 Å². The second-order valence-electron chi connectivity index (χ2n) is 5.97. The summed E-state index contributed by atoms with van der Waals surface area (Å²) in [7, 11) is 0. The van der Waals surface area contributed by atoms with E-state index in [-0.39, 0.29) is 5.91 Å². The third-order valence-electron chi connectivity index (χ3n) is 3.95. The zero-order valence-electron chi connectivity index (χ0n) is 14.4. The molecule has 3 nitrogen and oxygen atoms in total. The summed E-state index contributed by atoms with van der Waals surface area (Å²) in [4.78, 5) is 12.2. The lowest BCUT2D eigenvalue weighted by Gasteiger charge is -2.21. The molecule has 132 valence electrons. The van der Waals surface area contributed by atoms with Crippen molar-refractivity contribution < 1.29 is 9.53 Å². The molecule has 0 spiro atoms. The number of carbonyl (C=O) groups is 1. The zero-order valence-corrected chi connectivity index (χ0v) is 16.0. The first-order valence-corrected chi connectivity index (χ1v) is 10.6. The van der Waals surface area contributed by atoms with Crippen LogP contribution in [0.2, 0.25) is 0 Å². The van der Waals surface area contributed by atoms with Gasteiger partial charge in [-0.05, 0) is 54.7 Å². The first-order chi connectivity index (χ1) is 12.2. The van der Waals surface area contributed by atoms with Crippen molar-refractivity contribution in [3.8, 4) is 5.75 Å². The normalized spacial score (nSPS) is 14.9. The van der Waals surface area contributed by atoms with Gasteiger partial charge in [0, 0.05) is 5.56 Å². The van der Waals surface area contributed by atoms with Crippen molar-refractivity contribution in [1.29, 1.82) is 0 Å². The molecule has 0 radical (unpaired) electrons. The van der Waals surface area contributed by atoms with Crippen LogP contribution >= 0.6 is 23.5 Å². The Kier molecular flexibility index (Phi) is 6.70. The third-order valence-corrected chi connectivity index (χ3v) is 6.96. The molecule has 0 atom stereocenters. The Bertz CT molecular complexity index is 680. The van der Waals surface area contributed by atoms with E-state index in [2.05, 4.69) is 17.4 Å². The molecule has 1 saturated heterocycles. The summed E-state index contributed by atoms with van der Waals surface area (Å²) in [6.07, 6.45) is 1.29. The van der Waals surface area contributed by atoms with E-state index in [1.807, 2.05) is 66.8 Å². The minimum absolute atomic E-state index is 0.0528. The fourth-order valence-corrected chi connectivity index (χ4v) is 5.44. The molecule has 1 fully saturated rings. The van der Waals surface area contributed by atoms with Gasteiger partial charge in [0.05, 0.1) is 11.1 Å². The van der Waals surface area contributed by atoms with Crippen LogP contribution < -0.4 is 10.1 Å². The highest BCUT2D eigenvalue weighted by atomic mass is 32.2. The molecule has 5 heteroatoms. The summed E-state index contributed by atoms with van der Waals surface area (Å²) in [6, 6.07) is 15.9. The largest absolute Gasteiger partial charge is 0.492 e. The minimum atomic E-state index is -0.0528. The van der Waals surface area contributed by atoms with E-state index in [4.69, 9.17) is 4.74 Å². The van der Waals surface area contributed by atoms with Crippen LogP contribution in [0, 0.1) is 6.92 Å². The van der Waals surface area contributed by atoms with Crippen molar-refractivity contribution in [1.82, 2.24) is 5.32 Å². The van der Waals surface area contributed by atoms with Gasteiger partial charge in [-0.1, -0.05) is 29.8 Å². The minimum Gasteiger partial charge on any atom is -0.492 e. The van der Waals surface area contributed by atoms with Gasteiger partial charge in [0.25, 0.3) is 5.91 Å². The summed E-state index contributed by atoms with van der Waals surface area (Å²) in [5.41, 5.74) is 3.20. The summed E-state index contributed by atoms with van der Waals surface area (Å²) in [6.45, 7) is 2.99. The van der Waals surface area contributed by atoms with Crippen molar-refractivity contribution >= 4 is 29.4 Å². The van der Waals surface area contributed by atoms with Gasteiger partial charge >= 0.3 is 0 Å². The van der Waals surface area contributed by atoms with Crippen molar-refractivity contribution in [2.45, 2.75) is 17.9 Å². The molecule has 0 unspecified atom stereocenters. The van der Waals surface area contributed by atoms with Crippen molar-refractivity contribution in [3.05, 3.63) is 65.2 Å². The average molecular weight is 374 g/mol. The first kappa shape index (κ1) is 18.2. The molecule has 1 heterocycles. The lowest BCUT2D eigenvalue weighted by molar-refractivity contribution is 0.0947. The maximum atomic E-state index is 12.2. The van der Waals surface area contributed by atoms with Gasteiger partial charge in [0.1, 0.15) is 12.4 Å². The lowest BCUT2D eigenvalue weighted by atomic mass is 10.1. The summed E-state index contributed by atoms with van der Waals surface area (Å²) < 4.78 is 6.13. The Balaban J connectivity index is 1.43. The highest BCUT2D eigenvalue weighted by Crippen LogP contribution is 2.43. The van der Waals surface area contributed by atoms with Crippen molar-refractivity contribution in [2.24, 2.45) is 0 Å². The van der Waals surface area contributed by atoms with Crippen LogP contribution in [0.25, 0.3) is 0 Å². The van der Waals surface area contributed by atoms with Gasteiger partial charge in [0.15, 0.2) is 0 Å². The molecule has 1 aliphatic rings. The summed E-state index contributed by atoms with van der Waals surface area (Å²) in [5.74, 6) is 3.22. The van der Waals surface area contributed by atoms with E-state index in [0.717, 1.165) is 5.75 Å². The predicted octanol–water partition coefficient (Wildman–Crippen LogP) is 4.67. The molecule has 1 aliphatic heterocycles. The van der Waals surface area contributed by atoms with Crippen LogP contribution in [-0.4, -0.2) is 30.6 Å². The average Bonchev–Trinajstić information content (AvgIpc) is 2.67. The Morgan fingerprint density at radius 1 is 1.08 bits per heavy atom. The molecular weight excluding hydrogens is 350 g/mol. The van der Waals surface area contributed by atoms with Gasteiger partial charge in [-0.25, -0.2) is 0 Å². The molecule has 0 saturated carbocycles. The Hall–Kier alpha value is -1.59. The van der Waals surface area contributed by atoms with Gasteiger partial charge in [-0.2, -0.15) is 0 Å². The number of benzene rings is 2. The van der Waals surface area contributed by atoms with E-state index in [1.54, 1.807) is 0 Å². The number of rotatable bonds is 6. The number of ether oxygens (including phenoxy) is 1. The van der Waals surface area contributed by atoms with Gasteiger partial charge in [-0.3, -0.25) is 4.79 Å². The lowest BCUT2D eigenvalue weighted by Crippen LogP contribution is -2.28. The van der Waals surface area contributed by atoms with Crippen LogP contribution in [0.5, 0.6) is 5.75 Å². The maximum Gasteiger partial charge on any atom is 0.251 e. The number of thioether (sulfide) groups is 2. The molecule has 3 rings (SSSR count). The fourth-order valence-electron chi connectivity index (χ4n) is 2.54. The van der Waals surface area contributed by atoms with Crippen LogP contribution in [-0.2, 0) is 0 Å². The molecule has 0 aliphatic carbocycles. The number of carbonyl (C=O) groups excluding carboxylic acids is 1. The highest BCUT2D eigenvalue weighted by molar-refractivity contribution is 8.16. The number of nitrogens with one attached hydrogen (secondary N) is 1. The fraction of sp³-hybridized carbons (Fsp3) is 0.350. The second kappa shape index (κ2) is 9.20. The molecule has 0 aromatic heterocycles. The van der Waals surface area contributed by atoms with Crippen LogP contribution in [0.3, 0.4) is 0 Å². The molecule has 25 heavy (non-hydrogen) atoms. The van der Waals surface area contributed by atoms with Gasteiger partial charge in [-0.15, -0.1) is 23.5 Å². The van der Waals surface area contributed by atoms with E-state index in [0.29, 0.717) is 23.3 Å². The third kappa shape index (κ3) is 5.44. The van der Waals surface area contributed by atoms with Gasteiger partial charge in [0.2, 0.25) is 0 Å². The Morgan fingerprint density at radius 3 is 2.44 bits per heavy atom. The second-order valence-corrected chi connectivity index (χ2v) is 8.69. The van der Waals surface area contributed by atoms with Crippen molar-refractivity contribution in [3.63, 3.8) is 0 Å². The van der Waals surface area contributed by atoms with E-state index < -0.39 is 0 Å². The monoisotopic (exact) mass is 373 g/mol. The smallest absolute Gasteiger partial charge is 0.251 e.